The lowest BCUT2D eigenvalue weighted by molar-refractivity contribution is -0.113. The minimum Gasteiger partial charge on any atom is -0.384 e. The Morgan fingerprint density at radius 2 is 2.05 bits per heavy atom. The highest BCUT2D eigenvalue weighted by Crippen LogP contribution is 2.15. The molecule has 0 unspecified atom stereocenters. The molecule has 0 aliphatic rings. The molecule has 0 atom stereocenters. The summed E-state index contributed by atoms with van der Waals surface area (Å²) in [6.45, 7) is 0.618. The molecule has 1 rings (SSSR count). The van der Waals surface area contributed by atoms with Crippen molar-refractivity contribution < 1.29 is 14.3 Å². The summed E-state index contributed by atoms with van der Waals surface area (Å²) >= 11 is 1.49. The number of hydrogen-bond donors (Lipinski definition) is 2. The van der Waals surface area contributed by atoms with Gasteiger partial charge in [0.25, 0.3) is 5.91 Å². The summed E-state index contributed by atoms with van der Waals surface area (Å²) in [6, 6.07) is 6.92. The summed E-state index contributed by atoms with van der Waals surface area (Å²) in [6.07, 6.45) is 0. The Balaban J connectivity index is 2.56. The summed E-state index contributed by atoms with van der Waals surface area (Å²) in [7, 11) is 3.18. The number of thioether (sulfide) groups is 1. The zero-order valence-corrected chi connectivity index (χ0v) is 11.9. The van der Waals surface area contributed by atoms with E-state index in [1.54, 1.807) is 38.4 Å². The van der Waals surface area contributed by atoms with Gasteiger partial charge in [-0.05, 0) is 12.1 Å². The maximum atomic E-state index is 11.7. The summed E-state index contributed by atoms with van der Waals surface area (Å²) in [5, 5.41) is 5.28. The van der Waals surface area contributed by atoms with E-state index in [9.17, 15) is 9.59 Å². The monoisotopic (exact) mass is 282 g/mol. The van der Waals surface area contributed by atoms with E-state index in [0.29, 0.717) is 23.6 Å². The molecule has 0 spiro atoms. The Labute approximate surface area is 117 Å². The van der Waals surface area contributed by atoms with Crippen LogP contribution in [-0.2, 0) is 9.53 Å². The van der Waals surface area contributed by atoms with Crippen molar-refractivity contribution in [3.8, 4) is 0 Å². The van der Waals surface area contributed by atoms with E-state index in [1.165, 1.54) is 11.8 Å². The van der Waals surface area contributed by atoms with Crippen LogP contribution < -0.4 is 10.6 Å². The van der Waals surface area contributed by atoms with Crippen LogP contribution in [0.15, 0.2) is 24.3 Å². The average Bonchev–Trinajstić information content (AvgIpc) is 2.43. The number of anilines is 1. The zero-order valence-electron chi connectivity index (χ0n) is 11.1. The van der Waals surface area contributed by atoms with E-state index in [1.807, 2.05) is 0 Å². The van der Waals surface area contributed by atoms with Crippen molar-refractivity contribution in [2.75, 3.05) is 37.6 Å². The lowest BCUT2D eigenvalue weighted by Gasteiger charge is -2.09. The number of benzene rings is 1. The first-order chi connectivity index (χ1) is 9.19. The quantitative estimate of drug-likeness (QED) is 0.741. The Bertz CT molecular complexity index is 438. The number of carbonyl (C=O) groups is 2. The second-order valence-corrected chi connectivity index (χ2v) is 4.82. The van der Waals surface area contributed by atoms with Crippen molar-refractivity contribution in [1.29, 1.82) is 0 Å². The Morgan fingerprint density at radius 3 is 2.74 bits per heavy atom. The highest BCUT2D eigenvalue weighted by atomic mass is 32.2. The van der Waals surface area contributed by atoms with Gasteiger partial charge in [-0.15, -0.1) is 11.8 Å². The topological polar surface area (TPSA) is 67.4 Å². The number of rotatable bonds is 7. The molecule has 0 aliphatic heterocycles. The molecule has 0 saturated heterocycles. The molecule has 0 heterocycles. The average molecular weight is 282 g/mol. The molecule has 1 aromatic carbocycles. The van der Waals surface area contributed by atoms with Crippen LogP contribution in [0.2, 0.25) is 0 Å². The molecule has 2 amide bonds. The highest BCUT2D eigenvalue weighted by molar-refractivity contribution is 7.99. The first kappa shape index (κ1) is 15.5. The van der Waals surface area contributed by atoms with E-state index in [4.69, 9.17) is 4.74 Å². The van der Waals surface area contributed by atoms with E-state index in [0.717, 1.165) is 5.75 Å². The number of nitrogens with one attached hydrogen (secondary N) is 2. The molecule has 6 heteroatoms. The van der Waals surface area contributed by atoms with Crippen LogP contribution in [0, 0.1) is 0 Å². The van der Waals surface area contributed by atoms with Gasteiger partial charge in [0.05, 0.1) is 23.6 Å². The first-order valence-corrected chi connectivity index (χ1v) is 7.02. The van der Waals surface area contributed by atoms with Gasteiger partial charge < -0.3 is 15.4 Å². The van der Waals surface area contributed by atoms with Crippen LogP contribution in [0.25, 0.3) is 0 Å². The van der Waals surface area contributed by atoms with Crippen molar-refractivity contribution >= 4 is 29.3 Å². The predicted molar refractivity (Wildman–Crippen MR) is 77.7 cm³/mol. The van der Waals surface area contributed by atoms with Gasteiger partial charge in [-0.3, -0.25) is 9.59 Å². The van der Waals surface area contributed by atoms with Crippen LogP contribution >= 0.6 is 11.8 Å². The van der Waals surface area contributed by atoms with Gasteiger partial charge in [-0.1, -0.05) is 12.1 Å². The molecule has 1 aromatic rings. The van der Waals surface area contributed by atoms with Crippen LogP contribution in [0.3, 0.4) is 0 Å². The second kappa shape index (κ2) is 8.55. The molecule has 5 nitrogen and oxygen atoms in total. The van der Waals surface area contributed by atoms with Gasteiger partial charge in [-0.25, -0.2) is 0 Å². The lowest BCUT2D eigenvalue weighted by atomic mass is 10.1. The SMILES string of the molecule is CNC(=O)c1ccccc1NC(=O)CSCCOC. The molecular weight excluding hydrogens is 264 g/mol. The molecule has 104 valence electrons. The summed E-state index contributed by atoms with van der Waals surface area (Å²) in [5.74, 6) is 0.757. The van der Waals surface area contributed by atoms with Gasteiger partial charge in [0, 0.05) is 19.9 Å². The number of ether oxygens (including phenoxy) is 1. The smallest absolute Gasteiger partial charge is 0.253 e. The maximum Gasteiger partial charge on any atom is 0.253 e. The predicted octanol–water partition coefficient (Wildman–Crippen LogP) is 1.36. The van der Waals surface area contributed by atoms with E-state index < -0.39 is 0 Å². The zero-order chi connectivity index (χ0) is 14.1. The third-order valence-corrected chi connectivity index (χ3v) is 3.26. The van der Waals surface area contributed by atoms with E-state index >= 15 is 0 Å². The molecule has 0 saturated carbocycles. The van der Waals surface area contributed by atoms with Gasteiger partial charge in [0.15, 0.2) is 0 Å². The molecule has 0 bridgehead atoms. The number of para-hydroxylation sites is 1. The summed E-state index contributed by atoms with van der Waals surface area (Å²) in [5.41, 5.74) is 0.986. The Kier molecular flexibility index (Phi) is 6.99. The normalized spacial score (nSPS) is 10.0. The van der Waals surface area contributed by atoms with Crippen molar-refractivity contribution in [1.82, 2.24) is 5.32 Å². The van der Waals surface area contributed by atoms with E-state index in [2.05, 4.69) is 10.6 Å². The fourth-order valence-electron chi connectivity index (χ4n) is 1.42. The molecule has 0 aromatic heterocycles. The van der Waals surface area contributed by atoms with Crippen LogP contribution in [-0.4, -0.2) is 44.1 Å². The molecule has 0 radical (unpaired) electrons. The van der Waals surface area contributed by atoms with Crippen LogP contribution in [0.4, 0.5) is 5.69 Å². The standard InChI is InChI=1S/C13H18N2O3S/c1-14-13(17)10-5-3-4-6-11(10)15-12(16)9-19-8-7-18-2/h3-6H,7-9H2,1-2H3,(H,14,17)(H,15,16). The molecule has 19 heavy (non-hydrogen) atoms. The number of methoxy groups -OCH3 is 1. The van der Waals surface area contributed by atoms with Crippen molar-refractivity contribution in [3.05, 3.63) is 29.8 Å². The minimum atomic E-state index is -0.220. The first-order valence-electron chi connectivity index (χ1n) is 5.86. The molecular formula is C13H18N2O3S. The fraction of sp³-hybridized carbons (Fsp3) is 0.385. The molecule has 0 fully saturated rings. The summed E-state index contributed by atoms with van der Waals surface area (Å²) in [4.78, 5) is 23.4. The van der Waals surface area contributed by atoms with Gasteiger partial charge >= 0.3 is 0 Å². The highest BCUT2D eigenvalue weighted by Gasteiger charge is 2.11. The lowest BCUT2D eigenvalue weighted by Crippen LogP contribution is -2.22. The van der Waals surface area contributed by atoms with Crippen molar-refractivity contribution in [3.63, 3.8) is 0 Å². The van der Waals surface area contributed by atoms with Crippen LogP contribution in [0.5, 0.6) is 0 Å². The molecule has 2 N–H and O–H groups in total. The molecule has 0 aliphatic carbocycles. The second-order valence-electron chi connectivity index (χ2n) is 3.72. The van der Waals surface area contributed by atoms with Crippen LogP contribution in [0.1, 0.15) is 10.4 Å². The third-order valence-electron chi connectivity index (χ3n) is 2.34. The van der Waals surface area contributed by atoms with Crippen molar-refractivity contribution in [2.24, 2.45) is 0 Å². The number of carbonyl (C=O) groups excluding carboxylic acids is 2. The fourth-order valence-corrected chi connectivity index (χ4v) is 2.10. The summed E-state index contributed by atoms with van der Waals surface area (Å²) < 4.78 is 4.90. The number of hydrogen-bond acceptors (Lipinski definition) is 4. The Hall–Kier alpha value is -1.53. The minimum absolute atomic E-state index is 0.127. The Morgan fingerprint density at radius 1 is 1.32 bits per heavy atom. The van der Waals surface area contributed by atoms with Crippen molar-refractivity contribution in [2.45, 2.75) is 0 Å². The number of amides is 2. The third kappa shape index (κ3) is 5.32. The largest absolute Gasteiger partial charge is 0.384 e. The maximum absolute atomic E-state index is 11.7. The van der Waals surface area contributed by atoms with Gasteiger partial charge in [0.1, 0.15) is 0 Å². The van der Waals surface area contributed by atoms with Gasteiger partial charge in [-0.2, -0.15) is 0 Å². The van der Waals surface area contributed by atoms with E-state index in [-0.39, 0.29) is 11.8 Å². The van der Waals surface area contributed by atoms with Gasteiger partial charge in [0.2, 0.25) is 5.91 Å².